The maximum atomic E-state index is 13.3. The van der Waals surface area contributed by atoms with E-state index in [0.717, 1.165) is 24.3 Å². The molecule has 2 aliphatic rings. The third kappa shape index (κ3) is 5.81. The van der Waals surface area contributed by atoms with Crippen molar-refractivity contribution in [3.63, 3.8) is 0 Å². The van der Waals surface area contributed by atoms with E-state index in [1.807, 2.05) is 6.07 Å². The first-order valence-corrected chi connectivity index (χ1v) is 11.4. The van der Waals surface area contributed by atoms with E-state index < -0.39 is 51.6 Å². The molecular weight excluding hydrogens is 508 g/mol. The Morgan fingerprint density at radius 3 is 1.42 bits per heavy atom. The molecule has 0 aromatic heterocycles. The van der Waals surface area contributed by atoms with Gasteiger partial charge >= 0.3 is 0 Å². The van der Waals surface area contributed by atoms with Gasteiger partial charge in [-0.1, -0.05) is 18.2 Å². The molecule has 2 fully saturated rings. The van der Waals surface area contributed by atoms with Crippen LogP contribution in [0, 0.1) is 57.6 Å². The molecule has 1 amide bonds. The molecule has 3 aromatic rings. The number of rotatable bonds is 4. The van der Waals surface area contributed by atoms with Crippen molar-refractivity contribution >= 4 is 5.91 Å². The Hall–Kier alpha value is -4.31. The number of benzene rings is 3. The van der Waals surface area contributed by atoms with Gasteiger partial charge in [-0.3, -0.25) is 4.79 Å². The van der Waals surface area contributed by atoms with Gasteiger partial charge in [0.15, 0.2) is 0 Å². The molecule has 3 aromatic carbocycles. The van der Waals surface area contributed by atoms with Crippen molar-refractivity contribution in [3.05, 3.63) is 106 Å². The Kier molecular flexibility index (Phi) is 8.47. The summed E-state index contributed by atoms with van der Waals surface area (Å²) >= 11 is 0. The summed E-state index contributed by atoms with van der Waals surface area (Å²) in [4.78, 5) is 11.1. The molecule has 2 N–H and O–H groups in total. The molecule has 0 aliphatic heterocycles. The summed E-state index contributed by atoms with van der Waals surface area (Å²) in [6.45, 7) is 0. The molecule has 2 aliphatic carbocycles. The lowest BCUT2D eigenvalue weighted by Gasteiger charge is -2.12. The predicted octanol–water partition coefficient (Wildman–Crippen LogP) is 6.03. The molecule has 0 radical (unpaired) electrons. The monoisotopic (exact) mass is 529 g/mol. The lowest BCUT2D eigenvalue weighted by molar-refractivity contribution is -0.120. The van der Waals surface area contributed by atoms with Crippen LogP contribution >= 0.6 is 0 Å². The number of halogens is 6. The predicted molar refractivity (Wildman–Crippen MR) is 125 cm³/mol. The average Bonchev–Trinajstić information content (AvgIpc) is 3.79. The Morgan fingerprint density at radius 1 is 0.711 bits per heavy atom. The molecule has 0 atom stereocenters. The SMILES string of the molecule is N#CC1(c2c(F)cccc2F)CC1.N#CCc1c(F)cccc1F.NC(=O)C1(c2c(F)cccc2F)CC1. The fourth-order valence-corrected chi connectivity index (χ4v) is 3.98. The minimum atomic E-state index is -1.09. The second-order valence-corrected chi connectivity index (χ2v) is 8.87. The van der Waals surface area contributed by atoms with Crippen LogP contribution in [0.1, 0.15) is 42.4 Å². The van der Waals surface area contributed by atoms with Gasteiger partial charge in [0, 0.05) is 16.7 Å². The van der Waals surface area contributed by atoms with Crippen molar-refractivity contribution in [1.29, 1.82) is 10.5 Å². The number of carbonyl (C=O) groups excluding carboxylic acids is 1. The van der Waals surface area contributed by atoms with Gasteiger partial charge in [0.2, 0.25) is 5.91 Å². The average molecular weight is 529 g/mol. The van der Waals surface area contributed by atoms with Gasteiger partial charge in [-0.05, 0) is 62.1 Å². The molecule has 196 valence electrons. The number of hydrogen-bond donors (Lipinski definition) is 1. The highest BCUT2D eigenvalue weighted by atomic mass is 19.2. The quantitative estimate of drug-likeness (QED) is 0.419. The van der Waals surface area contributed by atoms with E-state index in [0.29, 0.717) is 25.7 Å². The van der Waals surface area contributed by atoms with Crippen molar-refractivity contribution < 1.29 is 31.1 Å². The normalized spacial score (nSPS) is 15.4. The van der Waals surface area contributed by atoms with E-state index in [4.69, 9.17) is 16.3 Å². The zero-order chi connectivity index (χ0) is 28.1. The van der Waals surface area contributed by atoms with E-state index >= 15 is 0 Å². The van der Waals surface area contributed by atoms with Crippen molar-refractivity contribution in [2.75, 3.05) is 0 Å². The second kappa shape index (κ2) is 11.4. The molecule has 0 saturated heterocycles. The summed E-state index contributed by atoms with van der Waals surface area (Å²) in [6.07, 6.45) is 1.75. The van der Waals surface area contributed by atoms with Gasteiger partial charge in [0.1, 0.15) is 34.9 Å². The molecule has 10 heteroatoms. The molecule has 5 rings (SSSR count). The molecule has 0 unspecified atom stereocenters. The third-order valence-corrected chi connectivity index (χ3v) is 6.39. The number of amides is 1. The van der Waals surface area contributed by atoms with E-state index in [-0.39, 0.29) is 23.1 Å². The summed E-state index contributed by atoms with van der Waals surface area (Å²) < 4.78 is 78.3. The Balaban J connectivity index is 0.000000159. The van der Waals surface area contributed by atoms with Crippen LogP contribution < -0.4 is 5.73 Å². The molecule has 0 heterocycles. The Labute approximate surface area is 214 Å². The number of primary amides is 1. The van der Waals surface area contributed by atoms with Crippen LogP contribution in [0.3, 0.4) is 0 Å². The molecule has 38 heavy (non-hydrogen) atoms. The number of nitrogens with two attached hydrogens (primary N) is 1. The second-order valence-electron chi connectivity index (χ2n) is 8.87. The lowest BCUT2D eigenvalue weighted by Crippen LogP contribution is -2.30. The standard InChI is InChI=1S/C10H9F2NO.C10H7F2N.C8H5F2N/c11-6-2-1-3-7(12)8(6)10(4-5-10)9(13)14;11-7-2-1-3-8(12)9(7)10(6-13)4-5-10;9-7-2-1-3-8(10)6(7)4-5-11/h1-3H,4-5H2,(H2,13,14);1-3H,4-5H2;1-3H,4H2. The molecule has 2 saturated carbocycles. The summed E-state index contributed by atoms with van der Waals surface area (Å²) in [5, 5.41) is 17.0. The first kappa shape index (κ1) is 28.3. The minimum absolute atomic E-state index is 0.0579. The Morgan fingerprint density at radius 2 is 1.11 bits per heavy atom. The van der Waals surface area contributed by atoms with Gasteiger partial charge in [-0.25, -0.2) is 26.3 Å². The first-order chi connectivity index (χ1) is 18.0. The number of nitriles is 2. The highest BCUT2D eigenvalue weighted by molar-refractivity contribution is 5.90. The van der Waals surface area contributed by atoms with Crippen LogP contribution in [-0.4, -0.2) is 5.91 Å². The third-order valence-electron chi connectivity index (χ3n) is 6.39. The minimum Gasteiger partial charge on any atom is -0.369 e. The highest BCUT2D eigenvalue weighted by Crippen LogP contribution is 2.50. The topological polar surface area (TPSA) is 90.7 Å². The van der Waals surface area contributed by atoms with Crippen LogP contribution in [0.2, 0.25) is 0 Å². The van der Waals surface area contributed by atoms with E-state index in [2.05, 4.69) is 0 Å². The van der Waals surface area contributed by atoms with E-state index in [1.54, 1.807) is 6.07 Å². The largest absolute Gasteiger partial charge is 0.369 e. The van der Waals surface area contributed by atoms with Gasteiger partial charge in [-0.2, -0.15) is 10.5 Å². The lowest BCUT2D eigenvalue weighted by atomic mass is 9.94. The van der Waals surface area contributed by atoms with Crippen LogP contribution in [0.5, 0.6) is 0 Å². The van der Waals surface area contributed by atoms with Crippen LogP contribution in [0.4, 0.5) is 26.3 Å². The van der Waals surface area contributed by atoms with Gasteiger partial charge in [-0.15, -0.1) is 0 Å². The molecule has 0 spiro atoms. The summed E-state index contributed by atoms with van der Waals surface area (Å²) in [5.41, 5.74) is 2.77. The van der Waals surface area contributed by atoms with Crippen LogP contribution in [0.15, 0.2) is 54.6 Å². The number of carbonyl (C=O) groups is 1. The number of nitrogens with zero attached hydrogens (tertiary/aromatic N) is 2. The Bertz CT molecular complexity index is 1370. The van der Waals surface area contributed by atoms with E-state index in [1.165, 1.54) is 30.3 Å². The van der Waals surface area contributed by atoms with Crippen molar-refractivity contribution in [2.45, 2.75) is 42.9 Å². The number of hydrogen-bond acceptors (Lipinski definition) is 3. The maximum absolute atomic E-state index is 13.3. The van der Waals surface area contributed by atoms with Gasteiger partial charge in [0.05, 0.1) is 29.4 Å². The molecule has 4 nitrogen and oxygen atoms in total. The van der Waals surface area contributed by atoms with Gasteiger partial charge in [0.25, 0.3) is 0 Å². The molecule has 0 bridgehead atoms. The fraction of sp³-hybridized carbons (Fsp3) is 0.250. The zero-order valence-corrected chi connectivity index (χ0v) is 19.9. The summed E-state index contributed by atoms with van der Waals surface area (Å²) in [7, 11) is 0. The van der Waals surface area contributed by atoms with Crippen LogP contribution in [0.25, 0.3) is 0 Å². The van der Waals surface area contributed by atoms with E-state index in [9.17, 15) is 31.1 Å². The summed E-state index contributed by atoms with van der Waals surface area (Å²) in [6, 6.07) is 14.4. The van der Waals surface area contributed by atoms with Crippen LogP contribution in [-0.2, 0) is 22.0 Å². The zero-order valence-electron chi connectivity index (χ0n) is 19.9. The fourth-order valence-electron chi connectivity index (χ4n) is 3.98. The van der Waals surface area contributed by atoms with Gasteiger partial charge < -0.3 is 5.73 Å². The summed E-state index contributed by atoms with van der Waals surface area (Å²) in [5.74, 6) is -4.58. The first-order valence-electron chi connectivity index (χ1n) is 11.4. The smallest absolute Gasteiger partial charge is 0.228 e. The molecular formula is C28H21F6N3O. The highest BCUT2D eigenvalue weighted by Gasteiger charge is 2.53. The van der Waals surface area contributed by atoms with Crippen molar-refractivity contribution in [1.82, 2.24) is 0 Å². The van der Waals surface area contributed by atoms with Crippen molar-refractivity contribution in [2.24, 2.45) is 5.73 Å². The maximum Gasteiger partial charge on any atom is 0.228 e. The van der Waals surface area contributed by atoms with Crippen molar-refractivity contribution in [3.8, 4) is 12.1 Å².